The minimum absolute atomic E-state index is 0.0160. The van der Waals surface area contributed by atoms with Gasteiger partial charge < -0.3 is 15.8 Å². The Labute approximate surface area is 159 Å². The second-order valence-corrected chi connectivity index (χ2v) is 6.71. The lowest BCUT2D eigenvalue weighted by atomic mass is 9.81. The summed E-state index contributed by atoms with van der Waals surface area (Å²) in [7, 11) is 1.58. The number of nitrogens with two attached hydrogens (primary N) is 1. The van der Waals surface area contributed by atoms with Gasteiger partial charge in [0, 0.05) is 22.6 Å². The van der Waals surface area contributed by atoms with Crippen molar-refractivity contribution in [3.63, 3.8) is 0 Å². The molecule has 7 heteroatoms. The van der Waals surface area contributed by atoms with Crippen LogP contribution in [0.3, 0.4) is 0 Å². The van der Waals surface area contributed by atoms with Gasteiger partial charge in [0.05, 0.1) is 18.4 Å². The van der Waals surface area contributed by atoms with Crippen LogP contribution in [0.15, 0.2) is 58.9 Å². The number of methoxy groups -OCH3 is 1. The number of fused-ring (bicyclic) bond motifs is 3. The van der Waals surface area contributed by atoms with Crippen molar-refractivity contribution in [2.24, 2.45) is 0 Å². The van der Waals surface area contributed by atoms with E-state index in [4.69, 9.17) is 10.5 Å². The highest BCUT2D eigenvalue weighted by molar-refractivity contribution is 6.23. The lowest BCUT2D eigenvalue weighted by molar-refractivity contribution is 0.103. The molecule has 4 N–H and O–H groups in total. The number of hydrogen-bond donors (Lipinski definition) is 3. The quantitative estimate of drug-likeness (QED) is 0.638. The highest BCUT2D eigenvalue weighted by Gasteiger charge is 2.42. The third-order valence-electron chi connectivity index (χ3n) is 5.18. The third kappa shape index (κ3) is 2.19. The van der Waals surface area contributed by atoms with Gasteiger partial charge in [0.2, 0.25) is 5.95 Å². The van der Waals surface area contributed by atoms with E-state index in [2.05, 4.69) is 15.3 Å². The zero-order valence-corrected chi connectivity index (χ0v) is 14.9. The Hall–Kier alpha value is -3.87. The second kappa shape index (κ2) is 5.82. The molecule has 2 heterocycles. The number of ether oxygens (including phenoxy) is 1. The Morgan fingerprint density at radius 2 is 1.86 bits per heavy atom. The summed E-state index contributed by atoms with van der Waals surface area (Å²) in [5.41, 5.74) is 9.11. The van der Waals surface area contributed by atoms with Gasteiger partial charge in [-0.3, -0.25) is 14.6 Å². The summed E-state index contributed by atoms with van der Waals surface area (Å²) in [6, 6.07) is 14.7. The van der Waals surface area contributed by atoms with Gasteiger partial charge in [-0.25, -0.2) is 0 Å². The summed E-state index contributed by atoms with van der Waals surface area (Å²) < 4.78 is 5.34. The lowest BCUT2D eigenvalue weighted by Crippen LogP contribution is -2.28. The number of aromatic amines is 1. The molecule has 28 heavy (non-hydrogen) atoms. The number of carbonyl (C=O) groups is 1. The number of aromatic nitrogens is 2. The maximum absolute atomic E-state index is 13.3. The molecule has 5 rings (SSSR count). The van der Waals surface area contributed by atoms with Crippen LogP contribution in [0.5, 0.6) is 5.75 Å². The minimum atomic E-state index is -0.585. The molecule has 1 atom stereocenters. The van der Waals surface area contributed by atoms with E-state index in [9.17, 15) is 9.59 Å². The number of carbonyl (C=O) groups excluding carboxylic acids is 1. The first-order valence-corrected chi connectivity index (χ1v) is 8.77. The van der Waals surface area contributed by atoms with E-state index in [0.29, 0.717) is 34.0 Å². The van der Waals surface area contributed by atoms with Crippen molar-refractivity contribution in [1.82, 2.24) is 9.97 Å². The Balaban J connectivity index is 1.82. The van der Waals surface area contributed by atoms with E-state index in [-0.39, 0.29) is 17.3 Å². The number of anilines is 2. The zero-order valence-electron chi connectivity index (χ0n) is 14.9. The fraction of sp³-hybridized carbons (Fsp3) is 0.0952. The maximum atomic E-state index is 13.3. The molecule has 0 saturated heterocycles. The van der Waals surface area contributed by atoms with Gasteiger partial charge >= 0.3 is 0 Å². The van der Waals surface area contributed by atoms with Crippen molar-refractivity contribution >= 4 is 23.2 Å². The molecule has 0 spiro atoms. The zero-order chi connectivity index (χ0) is 19.4. The van der Waals surface area contributed by atoms with Crippen molar-refractivity contribution < 1.29 is 9.53 Å². The van der Waals surface area contributed by atoms with Gasteiger partial charge in [-0.1, -0.05) is 36.4 Å². The van der Waals surface area contributed by atoms with E-state index in [1.165, 1.54) is 0 Å². The smallest absolute Gasteiger partial charge is 0.258 e. The van der Waals surface area contributed by atoms with Crippen LogP contribution in [-0.2, 0) is 0 Å². The molecule has 2 aromatic carbocycles. The number of benzene rings is 2. The Kier molecular flexibility index (Phi) is 3.39. The highest BCUT2D eigenvalue weighted by atomic mass is 16.5. The molecule has 1 aliphatic heterocycles. The molecule has 1 aliphatic carbocycles. The first-order valence-electron chi connectivity index (χ1n) is 8.77. The lowest BCUT2D eigenvalue weighted by Gasteiger charge is -2.27. The maximum Gasteiger partial charge on any atom is 0.258 e. The SMILES string of the molecule is COc1cccc(C2C3=C(Nc4nc(N)[nH]c(=O)c42)c2ccccc2C3=O)c1. The first kappa shape index (κ1) is 16.3. The van der Waals surface area contributed by atoms with E-state index in [1.54, 1.807) is 13.2 Å². The average Bonchev–Trinajstić information content (AvgIpc) is 2.99. The molecule has 7 nitrogen and oxygen atoms in total. The molecule has 0 amide bonds. The average molecular weight is 372 g/mol. The molecule has 3 aromatic rings. The van der Waals surface area contributed by atoms with Crippen LogP contribution in [0.1, 0.15) is 33.0 Å². The predicted molar refractivity (Wildman–Crippen MR) is 105 cm³/mol. The number of rotatable bonds is 2. The molecule has 0 radical (unpaired) electrons. The summed E-state index contributed by atoms with van der Waals surface area (Å²) in [5, 5.41) is 3.17. The van der Waals surface area contributed by atoms with Crippen LogP contribution in [-0.4, -0.2) is 22.9 Å². The van der Waals surface area contributed by atoms with Gasteiger partial charge in [-0.05, 0) is 17.7 Å². The fourth-order valence-electron chi connectivity index (χ4n) is 3.99. The predicted octanol–water partition coefficient (Wildman–Crippen LogP) is 2.53. The van der Waals surface area contributed by atoms with Crippen LogP contribution in [0.2, 0.25) is 0 Å². The molecule has 1 aromatic heterocycles. The van der Waals surface area contributed by atoms with E-state index in [0.717, 1.165) is 11.1 Å². The van der Waals surface area contributed by atoms with Gasteiger partial charge in [-0.2, -0.15) is 4.98 Å². The van der Waals surface area contributed by atoms with E-state index in [1.807, 2.05) is 42.5 Å². The molecule has 138 valence electrons. The number of nitrogens with zero attached hydrogens (tertiary/aromatic N) is 1. The number of hydrogen-bond acceptors (Lipinski definition) is 6. The van der Waals surface area contributed by atoms with Crippen LogP contribution >= 0.6 is 0 Å². The van der Waals surface area contributed by atoms with Crippen molar-refractivity contribution in [2.45, 2.75) is 5.92 Å². The summed E-state index contributed by atoms with van der Waals surface area (Å²) in [5.74, 6) is 0.327. The molecule has 2 aliphatic rings. The van der Waals surface area contributed by atoms with Crippen molar-refractivity contribution in [2.75, 3.05) is 18.2 Å². The molecular formula is C21H16N4O3. The van der Waals surface area contributed by atoms with Crippen molar-refractivity contribution in [3.05, 3.63) is 86.7 Å². The third-order valence-corrected chi connectivity index (χ3v) is 5.18. The molecule has 0 fully saturated rings. The van der Waals surface area contributed by atoms with Crippen molar-refractivity contribution in [1.29, 1.82) is 0 Å². The topological polar surface area (TPSA) is 110 Å². The summed E-state index contributed by atoms with van der Waals surface area (Å²) >= 11 is 0. The molecule has 0 saturated carbocycles. The number of nitrogen functional groups attached to an aromatic ring is 1. The first-order chi connectivity index (χ1) is 13.6. The minimum Gasteiger partial charge on any atom is -0.497 e. The number of ketones is 1. The van der Waals surface area contributed by atoms with E-state index >= 15 is 0 Å². The van der Waals surface area contributed by atoms with E-state index < -0.39 is 5.92 Å². The van der Waals surface area contributed by atoms with Crippen LogP contribution in [0.4, 0.5) is 11.8 Å². The molecule has 1 unspecified atom stereocenters. The fourth-order valence-corrected chi connectivity index (χ4v) is 3.99. The second-order valence-electron chi connectivity index (χ2n) is 6.71. The van der Waals surface area contributed by atoms with Gasteiger partial charge in [-0.15, -0.1) is 0 Å². The monoisotopic (exact) mass is 372 g/mol. The summed E-state index contributed by atoms with van der Waals surface area (Å²) in [6.45, 7) is 0. The molecular weight excluding hydrogens is 356 g/mol. The van der Waals surface area contributed by atoms with Crippen LogP contribution in [0, 0.1) is 0 Å². The van der Waals surface area contributed by atoms with Crippen LogP contribution in [0.25, 0.3) is 5.70 Å². The summed E-state index contributed by atoms with van der Waals surface area (Å²) in [4.78, 5) is 32.9. The Morgan fingerprint density at radius 3 is 2.64 bits per heavy atom. The number of Topliss-reactive ketones (excluding diaryl/α,β-unsaturated/α-hetero) is 1. The Bertz CT molecular complexity index is 1240. The normalized spacial score (nSPS) is 16.9. The number of nitrogens with one attached hydrogen (secondary N) is 2. The standard InChI is InChI=1S/C21H16N4O3/c1-28-11-6-4-5-10(9-11)14-15-17(12-7-2-3-8-13(12)18(15)26)23-19-16(14)20(27)25-21(22)24-19/h2-9,14H,1H3,(H4,22,23,24,25,27). The van der Waals surface area contributed by atoms with Gasteiger partial charge in [0.1, 0.15) is 11.6 Å². The largest absolute Gasteiger partial charge is 0.497 e. The van der Waals surface area contributed by atoms with Crippen LogP contribution < -0.4 is 21.3 Å². The van der Waals surface area contributed by atoms with Crippen molar-refractivity contribution in [3.8, 4) is 5.75 Å². The highest BCUT2D eigenvalue weighted by Crippen LogP contribution is 2.47. The molecule has 0 bridgehead atoms. The van der Waals surface area contributed by atoms with Gasteiger partial charge in [0.25, 0.3) is 5.56 Å². The van der Waals surface area contributed by atoms with Gasteiger partial charge in [0.15, 0.2) is 5.78 Å². The number of allylic oxidation sites excluding steroid dienone is 1. The summed E-state index contributed by atoms with van der Waals surface area (Å²) in [6.07, 6.45) is 0. The number of H-pyrrole nitrogens is 1. The Morgan fingerprint density at radius 1 is 1.07 bits per heavy atom.